The number of ether oxygens (including phenoxy) is 2. The zero-order valence-electron chi connectivity index (χ0n) is 16.7. The number of fused-ring (bicyclic) bond motifs is 1. The first kappa shape index (κ1) is 21.0. The molecule has 0 aliphatic carbocycles. The van der Waals surface area contributed by atoms with E-state index in [1.165, 1.54) is 11.8 Å². The van der Waals surface area contributed by atoms with Gasteiger partial charge in [-0.3, -0.25) is 9.59 Å². The molecule has 2 aromatic rings. The zero-order valence-corrected chi connectivity index (χ0v) is 17.5. The van der Waals surface area contributed by atoms with Gasteiger partial charge in [-0.25, -0.2) is 0 Å². The summed E-state index contributed by atoms with van der Waals surface area (Å²) in [6, 6.07) is 13.3. The molecule has 2 N–H and O–H groups in total. The van der Waals surface area contributed by atoms with Crippen molar-refractivity contribution in [2.45, 2.75) is 31.2 Å². The van der Waals surface area contributed by atoms with Gasteiger partial charge in [0.25, 0.3) is 5.91 Å². The fourth-order valence-electron chi connectivity index (χ4n) is 2.95. The van der Waals surface area contributed by atoms with Gasteiger partial charge in [0.2, 0.25) is 5.91 Å². The lowest BCUT2D eigenvalue weighted by molar-refractivity contribution is -0.119. The standard InChI is InChI=1S/C22H26N2O4S/c1-15(2)24-21(25)14-29-20-6-4-3-5-17(20)22(26)23-10-9-16-7-8-18-19(13-16)28-12-11-27-18/h3-8,13,15H,9-12,14H2,1-2H3,(H,23,26)(H,24,25). The smallest absolute Gasteiger partial charge is 0.252 e. The molecule has 0 atom stereocenters. The van der Waals surface area contributed by atoms with Gasteiger partial charge >= 0.3 is 0 Å². The third kappa shape index (κ3) is 6.15. The number of thioether (sulfide) groups is 1. The monoisotopic (exact) mass is 414 g/mol. The fraction of sp³-hybridized carbons (Fsp3) is 0.364. The molecule has 7 heteroatoms. The maximum atomic E-state index is 12.6. The molecule has 0 fully saturated rings. The molecule has 0 saturated carbocycles. The van der Waals surface area contributed by atoms with Crippen molar-refractivity contribution in [3.05, 3.63) is 53.6 Å². The topological polar surface area (TPSA) is 76.7 Å². The summed E-state index contributed by atoms with van der Waals surface area (Å²) in [5, 5.41) is 5.82. The molecule has 0 bridgehead atoms. The maximum absolute atomic E-state index is 12.6. The normalized spacial score (nSPS) is 12.5. The van der Waals surface area contributed by atoms with Crippen LogP contribution in [-0.2, 0) is 11.2 Å². The molecule has 3 rings (SSSR count). The third-order valence-corrected chi connectivity index (χ3v) is 5.32. The number of benzene rings is 2. The Morgan fingerprint density at radius 3 is 2.62 bits per heavy atom. The van der Waals surface area contributed by atoms with E-state index in [0.29, 0.717) is 31.7 Å². The van der Waals surface area contributed by atoms with Crippen molar-refractivity contribution >= 4 is 23.6 Å². The Bertz CT molecular complexity index is 870. The average molecular weight is 415 g/mol. The predicted octanol–water partition coefficient (Wildman–Crippen LogP) is 3.05. The van der Waals surface area contributed by atoms with Crippen molar-refractivity contribution in [3.63, 3.8) is 0 Å². The first-order chi connectivity index (χ1) is 14.0. The van der Waals surface area contributed by atoms with Crippen LogP contribution >= 0.6 is 11.8 Å². The molecule has 154 valence electrons. The minimum Gasteiger partial charge on any atom is -0.486 e. The lowest BCUT2D eigenvalue weighted by atomic mass is 10.1. The van der Waals surface area contributed by atoms with Crippen molar-refractivity contribution in [3.8, 4) is 11.5 Å². The van der Waals surface area contributed by atoms with Crippen LogP contribution in [0.2, 0.25) is 0 Å². The molecule has 0 radical (unpaired) electrons. The van der Waals surface area contributed by atoms with Crippen LogP contribution in [-0.4, -0.2) is 43.4 Å². The highest BCUT2D eigenvalue weighted by atomic mass is 32.2. The predicted molar refractivity (Wildman–Crippen MR) is 114 cm³/mol. The number of hydrogen-bond acceptors (Lipinski definition) is 5. The lowest BCUT2D eigenvalue weighted by Crippen LogP contribution is -2.31. The number of carbonyl (C=O) groups is 2. The summed E-state index contributed by atoms with van der Waals surface area (Å²) < 4.78 is 11.1. The largest absolute Gasteiger partial charge is 0.486 e. The fourth-order valence-corrected chi connectivity index (χ4v) is 3.81. The highest BCUT2D eigenvalue weighted by Gasteiger charge is 2.14. The van der Waals surface area contributed by atoms with Crippen molar-refractivity contribution in [2.75, 3.05) is 25.5 Å². The summed E-state index contributed by atoms with van der Waals surface area (Å²) in [5.74, 6) is 1.60. The van der Waals surface area contributed by atoms with Crippen molar-refractivity contribution in [1.82, 2.24) is 10.6 Å². The highest BCUT2D eigenvalue weighted by Crippen LogP contribution is 2.30. The summed E-state index contributed by atoms with van der Waals surface area (Å²) in [7, 11) is 0. The lowest BCUT2D eigenvalue weighted by Gasteiger charge is -2.19. The van der Waals surface area contributed by atoms with Crippen LogP contribution in [0.1, 0.15) is 29.8 Å². The molecular formula is C22H26N2O4S. The van der Waals surface area contributed by atoms with E-state index in [1.54, 1.807) is 6.07 Å². The molecule has 1 aliphatic heterocycles. The van der Waals surface area contributed by atoms with E-state index in [9.17, 15) is 9.59 Å². The Hall–Kier alpha value is -2.67. The SMILES string of the molecule is CC(C)NC(=O)CSc1ccccc1C(=O)NCCc1ccc2c(c1)OCCO2. The van der Waals surface area contributed by atoms with Gasteiger partial charge in [0, 0.05) is 17.5 Å². The number of carbonyl (C=O) groups excluding carboxylic acids is 2. The van der Waals surface area contributed by atoms with Gasteiger partial charge in [-0.2, -0.15) is 0 Å². The highest BCUT2D eigenvalue weighted by molar-refractivity contribution is 8.00. The zero-order chi connectivity index (χ0) is 20.6. The van der Waals surface area contributed by atoms with Crippen LogP contribution in [0.3, 0.4) is 0 Å². The van der Waals surface area contributed by atoms with Crippen LogP contribution in [0.25, 0.3) is 0 Å². The minimum absolute atomic E-state index is 0.0428. The molecule has 0 spiro atoms. The van der Waals surface area contributed by atoms with Gasteiger partial charge in [-0.15, -0.1) is 11.8 Å². The first-order valence-electron chi connectivity index (χ1n) is 9.71. The number of amides is 2. The third-order valence-electron chi connectivity index (χ3n) is 4.25. The van der Waals surface area contributed by atoms with Crippen molar-refractivity contribution in [2.24, 2.45) is 0 Å². The average Bonchev–Trinajstić information content (AvgIpc) is 2.72. The van der Waals surface area contributed by atoms with Gasteiger partial charge in [0.05, 0.1) is 11.3 Å². The van der Waals surface area contributed by atoms with E-state index >= 15 is 0 Å². The van der Waals surface area contributed by atoms with Crippen molar-refractivity contribution < 1.29 is 19.1 Å². The quantitative estimate of drug-likeness (QED) is 0.650. The van der Waals surface area contributed by atoms with E-state index < -0.39 is 0 Å². The van der Waals surface area contributed by atoms with E-state index in [4.69, 9.17) is 9.47 Å². The molecule has 0 aromatic heterocycles. The Morgan fingerprint density at radius 1 is 1.07 bits per heavy atom. The molecule has 1 heterocycles. The molecule has 0 saturated heterocycles. The summed E-state index contributed by atoms with van der Waals surface area (Å²) >= 11 is 1.37. The van der Waals surface area contributed by atoms with Crippen LogP contribution in [0, 0.1) is 0 Å². The molecule has 2 aromatic carbocycles. The number of rotatable bonds is 8. The van der Waals surface area contributed by atoms with Crippen LogP contribution in [0.5, 0.6) is 11.5 Å². The second-order valence-electron chi connectivity index (χ2n) is 6.99. The van der Waals surface area contributed by atoms with E-state index in [2.05, 4.69) is 10.6 Å². The van der Waals surface area contributed by atoms with Crippen LogP contribution in [0.4, 0.5) is 0 Å². The molecule has 29 heavy (non-hydrogen) atoms. The first-order valence-corrected chi connectivity index (χ1v) is 10.7. The van der Waals surface area contributed by atoms with E-state index in [1.807, 2.05) is 50.2 Å². The van der Waals surface area contributed by atoms with Gasteiger partial charge < -0.3 is 20.1 Å². The summed E-state index contributed by atoms with van der Waals surface area (Å²) in [5.41, 5.74) is 1.65. The van der Waals surface area contributed by atoms with E-state index in [0.717, 1.165) is 22.0 Å². The Kier molecular flexibility index (Phi) is 7.41. The number of hydrogen-bond donors (Lipinski definition) is 2. The molecule has 1 aliphatic rings. The molecular weight excluding hydrogens is 388 g/mol. The van der Waals surface area contributed by atoms with Gasteiger partial charge in [-0.1, -0.05) is 18.2 Å². The second-order valence-corrected chi connectivity index (χ2v) is 8.01. The van der Waals surface area contributed by atoms with Gasteiger partial charge in [-0.05, 0) is 50.1 Å². The molecule has 6 nitrogen and oxygen atoms in total. The number of nitrogens with one attached hydrogen (secondary N) is 2. The van der Waals surface area contributed by atoms with Gasteiger partial charge in [0.1, 0.15) is 13.2 Å². The van der Waals surface area contributed by atoms with Crippen LogP contribution < -0.4 is 20.1 Å². The molecule has 0 unspecified atom stereocenters. The van der Waals surface area contributed by atoms with E-state index in [-0.39, 0.29) is 23.6 Å². The Labute approximate surface area is 175 Å². The Balaban J connectivity index is 1.53. The Morgan fingerprint density at radius 2 is 1.83 bits per heavy atom. The maximum Gasteiger partial charge on any atom is 0.252 e. The van der Waals surface area contributed by atoms with Crippen LogP contribution in [0.15, 0.2) is 47.4 Å². The summed E-state index contributed by atoms with van der Waals surface area (Å²) in [6.07, 6.45) is 0.689. The molecule has 2 amide bonds. The summed E-state index contributed by atoms with van der Waals surface area (Å²) in [4.78, 5) is 25.3. The van der Waals surface area contributed by atoms with Crippen molar-refractivity contribution in [1.29, 1.82) is 0 Å². The van der Waals surface area contributed by atoms with Gasteiger partial charge in [0.15, 0.2) is 11.5 Å². The second kappa shape index (κ2) is 10.2. The summed E-state index contributed by atoms with van der Waals surface area (Å²) in [6.45, 7) is 5.47. The minimum atomic E-state index is -0.144.